The van der Waals surface area contributed by atoms with E-state index in [2.05, 4.69) is 4.98 Å². The van der Waals surface area contributed by atoms with E-state index in [1.165, 1.54) is 11.8 Å². The summed E-state index contributed by atoms with van der Waals surface area (Å²) in [5.74, 6) is -1.07. The van der Waals surface area contributed by atoms with Crippen molar-refractivity contribution in [2.45, 2.75) is 44.2 Å². The fourth-order valence-corrected chi connectivity index (χ4v) is 3.66. The first-order valence-electron chi connectivity index (χ1n) is 8.82. The Morgan fingerprint density at radius 1 is 1.23 bits per heavy atom. The van der Waals surface area contributed by atoms with Gasteiger partial charge < -0.3 is 19.6 Å². The Labute approximate surface area is 151 Å². The first kappa shape index (κ1) is 18.2. The van der Waals surface area contributed by atoms with Gasteiger partial charge in [0.05, 0.1) is 6.54 Å². The standard InChI is InChI=1S/C18H23N3O5/c1-12(22)21-11-14(10-16(21)17(23)24)26-18(25)20-8-5-13(6-9-20)15-4-2-3-7-19-15/h2-4,7,13-14,16H,5-6,8-11H2,1H3,(H,23,24)/t14?,16-/m0/s1. The lowest BCUT2D eigenvalue weighted by atomic mass is 9.93. The average molecular weight is 361 g/mol. The number of aliphatic carboxylic acids is 1. The van der Waals surface area contributed by atoms with Crippen LogP contribution < -0.4 is 0 Å². The van der Waals surface area contributed by atoms with Crippen molar-refractivity contribution >= 4 is 18.0 Å². The van der Waals surface area contributed by atoms with Crippen LogP contribution in [0.5, 0.6) is 0 Å². The normalized spacial score (nSPS) is 23.7. The number of pyridine rings is 1. The van der Waals surface area contributed by atoms with Gasteiger partial charge in [0.25, 0.3) is 0 Å². The number of likely N-dealkylation sites (tertiary alicyclic amines) is 2. The van der Waals surface area contributed by atoms with Crippen molar-refractivity contribution in [1.82, 2.24) is 14.8 Å². The molecule has 0 spiro atoms. The van der Waals surface area contributed by atoms with Crippen molar-refractivity contribution in [3.63, 3.8) is 0 Å². The quantitative estimate of drug-likeness (QED) is 0.875. The number of aromatic nitrogens is 1. The zero-order chi connectivity index (χ0) is 18.7. The fourth-order valence-electron chi connectivity index (χ4n) is 3.66. The molecule has 1 N–H and O–H groups in total. The van der Waals surface area contributed by atoms with E-state index in [0.717, 1.165) is 18.5 Å². The number of hydrogen-bond acceptors (Lipinski definition) is 5. The Morgan fingerprint density at radius 2 is 1.96 bits per heavy atom. The molecule has 3 heterocycles. The molecule has 0 saturated carbocycles. The number of hydrogen-bond donors (Lipinski definition) is 1. The van der Waals surface area contributed by atoms with Gasteiger partial charge in [0, 0.05) is 44.2 Å². The summed E-state index contributed by atoms with van der Waals surface area (Å²) in [6.07, 6.45) is 2.51. The van der Waals surface area contributed by atoms with E-state index in [9.17, 15) is 19.5 Å². The molecule has 140 valence electrons. The minimum Gasteiger partial charge on any atom is -0.480 e. The van der Waals surface area contributed by atoms with Crippen molar-refractivity contribution in [1.29, 1.82) is 0 Å². The number of carbonyl (C=O) groups excluding carboxylic acids is 2. The highest BCUT2D eigenvalue weighted by molar-refractivity contribution is 5.83. The van der Waals surface area contributed by atoms with Gasteiger partial charge in [0.2, 0.25) is 5.91 Å². The molecule has 3 rings (SSSR count). The monoisotopic (exact) mass is 361 g/mol. The van der Waals surface area contributed by atoms with Crippen LogP contribution in [-0.2, 0) is 14.3 Å². The Bertz CT molecular complexity index is 651. The lowest BCUT2D eigenvalue weighted by Gasteiger charge is -2.31. The van der Waals surface area contributed by atoms with E-state index >= 15 is 0 Å². The molecule has 2 fully saturated rings. The van der Waals surface area contributed by atoms with Gasteiger partial charge in [-0.2, -0.15) is 0 Å². The minimum atomic E-state index is -1.07. The smallest absolute Gasteiger partial charge is 0.410 e. The Balaban J connectivity index is 1.52. The highest BCUT2D eigenvalue weighted by atomic mass is 16.6. The molecule has 0 aromatic carbocycles. The van der Waals surface area contributed by atoms with Gasteiger partial charge in [-0.3, -0.25) is 9.78 Å². The number of carboxylic acid groups (broad SMARTS) is 1. The molecule has 2 aliphatic rings. The van der Waals surface area contributed by atoms with Gasteiger partial charge in [-0.25, -0.2) is 9.59 Å². The SMILES string of the molecule is CC(=O)N1CC(OC(=O)N2CCC(c3ccccn3)CC2)C[C@H]1C(=O)O. The van der Waals surface area contributed by atoms with E-state index in [1.807, 2.05) is 18.2 Å². The Hall–Kier alpha value is -2.64. The summed E-state index contributed by atoms with van der Waals surface area (Å²) >= 11 is 0. The number of carboxylic acids is 1. The highest BCUT2D eigenvalue weighted by Gasteiger charge is 2.40. The molecule has 1 aromatic heterocycles. The van der Waals surface area contributed by atoms with E-state index in [1.54, 1.807) is 11.1 Å². The molecule has 0 bridgehead atoms. The molecule has 26 heavy (non-hydrogen) atoms. The molecule has 2 atom stereocenters. The molecule has 1 aromatic rings. The number of amides is 2. The van der Waals surface area contributed by atoms with Crippen LogP contribution in [0.3, 0.4) is 0 Å². The van der Waals surface area contributed by atoms with Crippen molar-refractivity contribution in [3.05, 3.63) is 30.1 Å². The second kappa shape index (κ2) is 7.72. The summed E-state index contributed by atoms with van der Waals surface area (Å²) in [6.45, 7) is 2.60. The molecular weight excluding hydrogens is 338 g/mol. The molecule has 8 heteroatoms. The van der Waals surface area contributed by atoms with Crippen LogP contribution in [0.25, 0.3) is 0 Å². The van der Waals surface area contributed by atoms with E-state index in [0.29, 0.717) is 19.0 Å². The predicted molar refractivity (Wildman–Crippen MR) is 91.5 cm³/mol. The maximum Gasteiger partial charge on any atom is 0.410 e. The summed E-state index contributed by atoms with van der Waals surface area (Å²) in [4.78, 5) is 42.5. The van der Waals surface area contributed by atoms with Gasteiger partial charge in [-0.15, -0.1) is 0 Å². The molecule has 1 unspecified atom stereocenters. The molecular formula is C18H23N3O5. The summed E-state index contributed by atoms with van der Waals surface area (Å²) in [5.41, 5.74) is 1.04. The van der Waals surface area contributed by atoms with Crippen LogP contribution in [0.15, 0.2) is 24.4 Å². The summed E-state index contributed by atoms with van der Waals surface area (Å²) in [5, 5.41) is 9.22. The lowest BCUT2D eigenvalue weighted by molar-refractivity contribution is -0.147. The van der Waals surface area contributed by atoms with Gasteiger partial charge in [-0.1, -0.05) is 6.07 Å². The maximum absolute atomic E-state index is 12.4. The minimum absolute atomic E-state index is 0.127. The topological polar surface area (TPSA) is 100 Å². The number of nitrogens with zero attached hydrogens (tertiary/aromatic N) is 3. The van der Waals surface area contributed by atoms with Crippen molar-refractivity contribution in [3.8, 4) is 0 Å². The zero-order valence-electron chi connectivity index (χ0n) is 14.7. The number of rotatable bonds is 3. The molecule has 8 nitrogen and oxygen atoms in total. The first-order chi connectivity index (χ1) is 12.5. The van der Waals surface area contributed by atoms with E-state index in [-0.39, 0.29) is 18.9 Å². The number of carbonyl (C=O) groups is 3. The second-order valence-corrected chi connectivity index (χ2v) is 6.78. The number of ether oxygens (including phenoxy) is 1. The summed E-state index contributed by atoms with van der Waals surface area (Å²) in [6, 6.07) is 4.91. The van der Waals surface area contributed by atoms with E-state index in [4.69, 9.17) is 4.74 Å². The average Bonchev–Trinajstić information content (AvgIpc) is 3.07. The van der Waals surface area contributed by atoms with Gasteiger partial charge in [-0.05, 0) is 25.0 Å². The Morgan fingerprint density at radius 3 is 2.50 bits per heavy atom. The molecule has 2 amide bonds. The van der Waals surface area contributed by atoms with Crippen LogP contribution in [-0.4, -0.2) is 69.6 Å². The zero-order valence-corrected chi connectivity index (χ0v) is 14.7. The molecule has 0 aliphatic carbocycles. The molecule has 2 saturated heterocycles. The Kier molecular flexibility index (Phi) is 5.39. The van der Waals surface area contributed by atoms with Crippen LogP contribution in [0, 0.1) is 0 Å². The van der Waals surface area contributed by atoms with Crippen molar-refractivity contribution < 1.29 is 24.2 Å². The van der Waals surface area contributed by atoms with Crippen LogP contribution in [0.4, 0.5) is 4.79 Å². The third kappa shape index (κ3) is 3.95. The van der Waals surface area contributed by atoms with Crippen LogP contribution in [0.1, 0.15) is 37.8 Å². The van der Waals surface area contributed by atoms with Gasteiger partial charge in [0.15, 0.2) is 0 Å². The van der Waals surface area contributed by atoms with E-state index < -0.39 is 24.2 Å². The highest BCUT2D eigenvalue weighted by Crippen LogP contribution is 2.27. The number of piperidine rings is 1. The van der Waals surface area contributed by atoms with Gasteiger partial charge >= 0.3 is 12.1 Å². The predicted octanol–water partition coefficient (Wildman–Crippen LogP) is 1.47. The second-order valence-electron chi connectivity index (χ2n) is 6.78. The largest absolute Gasteiger partial charge is 0.480 e. The first-order valence-corrected chi connectivity index (χ1v) is 8.82. The molecule has 2 aliphatic heterocycles. The third-order valence-electron chi connectivity index (χ3n) is 5.08. The third-order valence-corrected chi connectivity index (χ3v) is 5.08. The van der Waals surface area contributed by atoms with Crippen LogP contribution in [0.2, 0.25) is 0 Å². The van der Waals surface area contributed by atoms with Gasteiger partial charge in [0.1, 0.15) is 12.1 Å². The fraction of sp³-hybridized carbons (Fsp3) is 0.556. The maximum atomic E-state index is 12.4. The summed E-state index contributed by atoms with van der Waals surface area (Å²) < 4.78 is 5.47. The van der Waals surface area contributed by atoms with Crippen molar-refractivity contribution in [2.24, 2.45) is 0 Å². The summed E-state index contributed by atoms with van der Waals surface area (Å²) in [7, 11) is 0. The van der Waals surface area contributed by atoms with Crippen LogP contribution >= 0.6 is 0 Å². The molecule has 0 radical (unpaired) electrons. The van der Waals surface area contributed by atoms with Crippen molar-refractivity contribution in [2.75, 3.05) is 19.6 Å². The lowest BCUT2D eigenvalue weighted by Crippen LogP contribution is -2.41.